The molecule has 136 valence electrons. The zero-order chi connectivity index (χ0) is 17.9. The van der Waals surface area contributed by atoms with Crippen molar-refractivity contribution in [2.75, 3.05) is 26.2 Å². The first-order valence-electron chi connectivity index (χ1n) is 9.69. The highest BCUT2D eigenvalue weighted by Crippen LogP contribution is 2.26. The lowest BCUT2D eigenvalue weighted by atomic mass is 10.0. The van der Waals surface area contributed by atoms with E-state index in [4.69, 9.17) is 0 Å². The van der Waals surface area contributed by atoms with Crippen LogP contribution in [-0.2, 0) is 6.54 Å². The second kappa shape index (κ2) is 7.60. The molecule has 1 aromatic heterocycles. The van der Waals surface area contributed by atoms with E-state index in [0.717, 1.165) is 32.0 Å². The molecule has 4 heteroatoms. The Morgan fingerprint density at radius 1 is 1.00 bits per heavy atom. The van der Waals surface area contributed by atoms with E-state index in [1.54, 1.807) is 0 Å². The molecule has 0 atom stereocenters. The average molecular weight is 348 g/mol. The summed E-state index contributed by atoms with van der Waals surface area (Å²) in [5.74, 6) is 0.968. The summed E-state index contributed by atoms with van der Waals surface area (Å²) in [5.41, 5.74) is 2.38. The van der Waals surface area contributed by atoms with Crippen molar-refractivity contribution in [1.82, 2.24) is 19.8 Å². The van der Waals surface area contributed by atoms with Gasteiger partial charge < -0.3 is 4.98 Å². The second-order valence-corrected chi connectivity index (χ2v) is 7.54. The maximum absolute atomic E-state index is 4.68. The van der Waals surface area contributed by atoms with Gasteiger partial charge in [0.15, 0.2) is 0 Å². The van der Waals surface area contributed by atoms with E-state index in [-0.39, 0.29) is 0 Å². The van der Waals surface area contributed by atoms with Gasteiger partial charge in [-0.15, -0.1) is 0 Å². The third kappa shape index (κ3) is 3.67. The molecule has 3 aromatic rings. The van der Waals surface area contributed by atoms with Crippen LogP contribution in [0.5, 0.6) is 0 Å². The zero-order valence-corrected chi connectivity index (χ0v) is 15.8. The van der Waals surface area contributed by atoms with Crippen molar-refractivity contribution < 1.29 is 0 Å². The summed E-state index contributed by atoms with van der Waals surface area (Å²) in [5, 5.41) is 2.50. The van der Waals surface area contributed by atoms with Gasteiger partial charge in [0.25, 0.3) is 0 Å². The number of H-pyrrole nitrogens is 1. The number of benzene rings is 2. The van der Waals surface area contributed by atoms with Crippen LogP contribution in [0.3, 0.4) is 0 Å². The Morgan fingerprint density at radius 3 is 2.73 bits per heavy atom. The highest BCUT2D eigenvalue weighted by molar-refractivity contribution is 5.95. The van der Waals surface area contributed by atoms with Crippen molar-refractivity contribution in [2.45, 2.75) is 32.9 Å². The number of hydrogen-bond donors (Lipinski definition) is 1. The monoisotopic (exact) mass is 348 g/mol. The van der Waals surface area contributed by atoms with Gasteiger partial charge in [-0.25, -0.2) is 4.98 Å². The summed E-state index contributed by atoms with van der Waals surface area (Å²) in [7, 11) is 0. The Labute approximate surface area is 155 Å². The van der Waals surface area contributed by atoms with Gasteiger partial charge in [0.2, 0.25) is 0 Å². The van der Waals surface area contributed by atoms with E-state index < -0.39 is 0 Å². The number of hydrogen-bond acceptors (Lipinski definition) is 3. The predicted octanol–water partition coefficient (Wildman–Crippen LogP) is 4.15. The maximum atomic E-state index is 4.68. The number of imidazole rings is 1. The topological polar surface area (TPSA) is 35.2 Å². The molecule has 26 heavy (non-hydrogen) atoms. The van der Waals surface area contributed by atoms with Crippen LogP contribution in [0.15, 0.2) is 48.7 Å². The largest absolute Gasteiger partial charge is 0.341 e. The van der Waals surface area contributed by atoms with Crippen LogP contribution in [0.1, 0.15) is 26.0 Å². The predicted molar refractivity (Wildman–Crippen MR) is 108 cm³/mol. The molecule has 1 aliphatic heterocycles. The molecule has 0 spiro atoms. The number of nitrogens with zero attached hydrogens (tertiary/aromatic N) is 3. The highest BCUT2D eigenvalue weighted by Gasteiger charge is 2.17. The first kappa shape index (κ1) is 17.3. The smallest absolute Gasteiger partial charge is 0.138 e. The summed E-state index contributed by atoms with van der Waals surface area (Å²) < 4.78 is 0. The molecule has 1 aliphatic rings. The molecule has 0 amide bonds. The van der Waals surface area contributed by atoms with Crippen LogP contribution in [0.25, 0.3) is 22.2 Å². The first-order chi connectivity index (χ1) is 12.7. The maximum Gasteiger partial charge on any atom is 0.138 e. The fourth-order valence-corrected chi connectivity index (χ4v) is 3.91. The molecule has 0 radical (unpaired) electrons. The van der Waals surface area contributed by atoms with Crippen LogP contribution in [0.2, 0.25) is 0 Å². The summed E-state index contributed by atoms with van der Waals surface area (Å²) in [6.45, 7) is 10.2. The van der Waals surface area contributed by atoms with E-state index >= 15 is 0 Å². The van der Waals surface area contributed by atoms with Crippen molar-refractivity contribution >= 4 is 10.8 Å². The minimum absolute atomic E-state index is 0.639. The molecule has 0 aliphatic carbocycles. The van der Waals surface area contributed by atoms with E-state index in [0.29, 0.717) is 6.04 Å². The third-order valence-electron chi connectivity index (χ3n) is 5.42. The van der Waals surface area contributed by atoms with Crippen LogP contribution >= 0.6 is 0 Å². The molecule has 1 N–H and O–H groups in total. The zero-order valence-electron chi connectivity index (χ0n) is 15.8. The van der Waals surface area contributed by atoms with E-state index in [2.05, 4.69) is 76.1 Å². The van der Waals surface area contributed by atoms with Crippen LogP contribution in [0, 0.1) is 0 Å². The Hall–Kier alpha value is -2.17. The first-order valence-corrected chi connectivity index (χ1v) is 9.69. The highest BCUT2D eigenvalue weighted by atomic mass is 15.2. The Bertz CT molecular complexity index is 862. The molecular weight excluding hydrogens is 320 g/mol. The van der Waals surface area contributed by atoms with E-state index in [1.165, 1.54) is 35.0 Å². The quantitative estimate of drug-likeness (QED) is 0.769. The van der Waals surface area contributed by atoms with Gasteiger partial charge in [0, 0.05) is 43.1 Å². The summed E-state index contributed by atoms with van der Waals surface area (Å²) in [6, 6.07) is 15.5. The fraction of sp³-hybridized carbons (Fsp3) is 0.409. The average Bonchev–Trinajstić information content (AvgIpc) is 2.98. The second-order valence-electron chi connectivity index (χ2n) is 7.54. The van der Waals surface area contributed by atoms with Gasteiger partial charge in [-0.05, 0) is 44.1 Å². The lowest BCUT2D eigenvalue weighted by molar-refractivity contribution is 0.217. The van der Waals surface area contributed by atoms with Crippen LogP contribution in [-0.4, -0.2) is 52.0 Å². The van der Waals surface area contributed by atoms with Crippen molar-refractivity contribution in [3.63, 3.8) is 0 Å². The summed E-state index contributed by atoms with van der Waals surface area (Å²) >= 11 is 0. The number of aromatic nitrogens is 2. The van der Waals surface area contributed by atoms with Crippen molar-refractivity contribution in [3.8, 4) is 11.4 Å². The van der Waals surface area contributed by atoms with Gasteiger partial charge in [0.05, 0.1) is 0 Å². The number of fused-ring (bicyclic) bond motifs is 1. The van der Waals surface area contributed by atoms with Gasteiger partial charge in [-0.3, -0.25) is 9.80 Å². The minimum Gasteiger partial charge on any atom is -0.341 e. The van der Waals surface area contributed by atoms with E-state index in [9.17, 15) is 0 Å². The van der Waals surface area contributed by atoms with Crippen molar-refractivity contribution in [3.05, 3.63) is 54.4 Å². The molecular formula is C22H28N4. The van der Waals surface area contributed by atoms with Gasteiger partial charge in [-0.2, -0.15) is 0 Å². The van der Waals surface area contributed by atoms with Crippen molar-refractivity contribution in [2.24, 2.45) is 0 Å². The fourth-order valence-electron chi connectivity index (χ4n) is 3.91. The molecule has 2 aromatic carbocycles. The Balaban J connectivity index is 1.50. The van der Waals surface area contributed by atoms with Crippen LogP contribution in [0.4, 0.5) is 0 Å². The summed E-state index contributed by atoms with van der Waals surface area (Å²) in [6.07, 6.45) is 3.24. The Morgan fingerprint density at radius 2 is 1.85 bits per heavy atom. The SMILES string of the molecule is CC(C)N1CCCN(Cc2cnc(-c3cccc4ccccc34)[nH]2)CC1. The molecule has 4 rings (SSSR count). The lowest BCUT2D eigenvalue weighted by Crippen LogP contribution is -2.34. The number of rotatable bonds is 4. The molecule has 1 saturated heterocycles. The standard InChI is InChI=1S/C22H28N4/c1-17(2)26-12-6-11-25(13-14-26)16-19-15-23-22(24-19)21-10-5-8-18-7-3-4-9-20(18)21/h3-5,7-10,15,17H,6,11-14,16H2,1-2H3,(H,23,24). The molecule has 1 fully saturated rings. The Kier molecular flexibility index (Phi) is 5.05. The van der Waals surface area contributed by atoms with Gasteiger partial charge >= 0.3 is 0 Å². The summed E-state index contributed by atoms with van der Waals surface area (Å²) in [4.78, 5) is 13.4. The minimum atomic E-state index is 0.639. The number of aromatic amines is 1. The molecule has 4 nitrogen and oxygen atoms in total. The molecule has 0 bridgehead atoms. The molecule has 0 saturated carbocycles. The van der Waals surface area contributed by atoms with Gasteiger partial charge in [-0.1, -0.05) is 42.5 Å². The lowest BCUT2D eigenvalue weighted by Gasteiger charge is -2.24. The third-order valence-corrected chi connectivity index (χ3v) is 5.42. The molecule has 2 heterocycles. The molecule has 0 unspecified atom stereocenters. The normalized spacial score (nSPS) is 17.0. The van der Waals surface area contributed by atoms with E-state index in [1.807, 2.05) is 6.20 Å². The van der Waals surface area contributed by atoms with Gasteiger partial charge in [0.1, 0.15) is 5.82 Å². The number of nitrogens with one attached hydrogen (secondary N) is 1. The van der Waals surface area contributed by atoms with Crippen molar-refractivity contribution in [1.29, 1.82) is 0 Å². The van der Waals surface area contributed by atoms with Crippen LogP contribution < -0.4 is 0 Å².